The smallest absolute Gasteiger partial charge is 0.267 e. The molecule has 1 amide bonds. The van der Waals surface area contributed by atoms with Gasteiger partial charge in [-0.2, -0.15) is 5.10 Å². The summed E-state index contributed by atoms with van der Waals surface area (Å²) in [6.45, 7) is 0. The summed E-state index contributed by atoms with van der Waals surface area (Å²) in [6.07, 6.45) is 5.37. The van der Waals surface area contributed by atoms with Crippen molar-refractivity contribution >= 4 is 88.9 Å². The molecule has 0 fully saturated rings. The number of hydrazone groups is 1. The molecule has 0 atom stereocenters. The summed E-state index contributed by atoms with van der Waals surface area (Å²) in [7, 11) is 0. The van der Waals surface area contributed by atoms with Crippen LogP contribution in [-0.4, -0.2) is 32.5 Å². The fourth-order valence-electron chi connectivity index (χ4n) is 4.12. The highest BCUT2D eigenvalue weighted by molar-refractivity contribution is 9.11. The number of carbonyl (C=O) groups is 1. The second-order valence-corrected chi connectivity index (χ2v) is 12.5. The lowest BCUT2D eigenvalue weighted by Crippen LogP contribution is -2.24. The normalized spacial score (nSPS) is 13.3. The number of phenolic OH excluding ortho intramolecular Hbond substituents is 1. The van der Waals surface area contributed by atoms with Crippen molar-refractivity contribution in [2.75, 3.05) is 5.75 Å². The van der Waals surface area contributed by atoms with Gasteiger partial charge in [0.05, 0.1) is 27.5 Å². The highest BCUT2D eigenvalue weighted by Gasteiger charge is 2.23. The van der Waals surface area contributed by atoms with Crippen LogP contribution in [0, 0.1) is 0 Å². The lowest BCUT2D eigenvalue weighted by atomic mass is 9.97. The van der Waals surface area contributed by atoms with Gasteiger partial charge >= 0.3 is 0 Å². The van der Waals surface area contributed by atoms with Crippen LogP contribution in [-0.2, 0) is 17.6 Å². The molecule has 1 aliphatic carbocycles. The van der Waals surface area contributed by atoms with Gasteiger partial charge in [-0.25, -0.2) is 10.4 Å². The number of hydrogen-bond donors (Lipinski definition) is 2. The van der Waals surface area contributed by atoms with Gasteiger partial charge in [-0.3, -0.25) is 14.2 Å². The summed E-state index contributed by atoms with van der Waals surface area (Å²) in [5, 5.41) is 15.8. The van der Waals surface area contributed by atoms with Crippen molar-refractivity contribution in [2.45, 2.75) is 30.8 Å². The van der Waals surface area contributed by atoms with E-state index in [2.05, 4.69) is 42.4 Å². The molecule has 0 radical (unpaired) electrons. The highest BCUT2D eigenvalue weighted by Crippen LogP contribution is 2.35. The van der Waals surface area contributed by atoms with Crippen LogP contribution in [0.25, 0.3) is 15.9 Å². The predicted molar refractivity (Wildman–Crippen MR) is 157 cm³/mol. The van der Waals surface area contributed by atoms with Crippen molar-refractivity contribution in [1.29, 1.82) is 0 Å². The molecular weight excluding hydrogens is 664 g/mol. The standard InChI is InChI=1S/C25H19Br2ClN4O3S2/c26-14-9-13(22(34)18(27)10-14)11-29-31-20(33)12-36-25-30-23-21(17-3-1-2-4-19(17)37-23)24(35)32(25)16-7-5-15(28)6-8-16/h5-11,34H,1-4,12H2,(H,31,33)/b29-11+. The summed E-state index contributed by atoms with van der Waals surface area (Å²) in [5.41, 5.74) is 4.50. The maximum Gasteiger partial charge on any atom is 0.267 e. The molecule has 4 aromatic rings. The third-order valence-corrected chi connectivity index (χ3v) is 9.26. The summed E-state index contributed by atoms with van der Waals surface area (Å²) in [4.78, 5) is 33.1. The van der Waals surface area contributed by atoms with Gasteiger partial charge < -0.3 is 5.11 Å². The molecule has 1 aliphatic rings. The van der Waals surface area contributed by atoms with E-state index in [4.69, 9.17) is 16.6 Å². The van der Waals surface area contributed by atoms with Gasteiger partial charge in [0.15, 0.2) is 5.16 Å². The van der Waals surface area contributed by atoms with Crippen LogP contribution in [0.3, 0.4) is 0 Å². The minimum absolute atomic E-state index is 0.0118. The Labute approximate surface area is 242 Å². The quantitative estimate of drug-likeness (QED) is 0.106. The third kappa shape index (κ3) is 5.65. The molecule has 37 heavy (non-hydrogen) atoms. The van der Waals surface area contributed by atoms with E-state index in [0.717, 1.165) is 47.5 Å². The molecular formula is C25H19Br2ClN4O3S2. The van der Waals surface area contributed by atoms with Crippen molar-refractivity contribution in [3.63, 3.8) is 0 Å². The molecule has 2 heterocycles. The number of benzene rings is 2. The lowest BCUT2D eigenvalue weighted by Gasteiger charge is -2.13. The van der Waals surface area contributed by atoms with E-state index in [9.17, 15) is 14.7 Å². The molecule has 0 unspecified atom stereocenters. The van der Waals surface area contributed by atoms with Gasteiger partial charge in [0.2, 0.25) is 0 Å². The number of carbonyl (C=O) groups excluding carboxylic acids is 1. The van der Waals surface area contributed by atoms with Crippen LogP contribution in [0.4, 0.5) is 0 Å². The number of aryl methyl sites for hydroxylation is 2. The van der Waals surface area contributed by atoms with Crippen LogP contribution in [0.2, 0.25) is 5.02 Å². The molecule has 5 rings (SSSR count). The number of phenols is 1. The predicted octanol–water partition coefficient (Wildman–Crippen LogP) is 6.45. The fraction of sp³-hybridized carbons (Fsp3) is 0.200. The van der Waals surface area contributed by atoms with Crippen LogP contribution in [0.15, 0.2) is 60.4 Å². The zero-order valence-electron chi connectivity index (χ0n) is 19.1. The largest absolute Gasteiger partial charge is 0.506 e. The van der Waals surface area contributed by atoms with E-state index in [1.165, 1.54) is 11.1 Å². The first kappa shape index (κ1) is 26.4. The minimum atomic E-state index is -0.378. The maximum atomic E-state index is 13.8. The Balaban J connectivity index is 1.42. The van der Waals surface area contributed by atoms with Gasteiger partial charge in [-0.05, 0) is 83.6 Å². The minimum Gasteiger partial charge on any atom is -0.506 e. The first-order valence-electron chi connectivity index (χ1n) is 11.3. The monoisotopic (exact) mass is 680 g/mol. The Kier molecular flexibility index (Phi) is 8.06. The molecule has 2 aromatic heterocycles. The number of aromatic hydroxyl groups is 1. The maximum absolute atomic E-state index is 13.8. The fourth-order valence-corrected chi connectivity index (χ4v) is 7.61. The summed E-state index contributed by atoms with van der Waals surface area (Å²) < 4.78 is 2.80. The molecule has 12 heteroatoms. The molecule has 7 nitrogen and oxygen atoms in total. The van der Waals surface area contributed by atoms with Crippen molar-refractivity contribution < 1.29 is 9.90 Å². The van der Waals surface area contributed by atoms with E-state index < -0.39 is 0 Å². The van der Waals surface area contributed by atoms with E-state index in [1.807, 2.05) is 0 Å². The first-order chi connectivity index (χ1) is 17.8. The van der Waals surface area contributed by atoms with Gasteiger partial charge in [0.25, 0.3) is 11.5 Å². The summed E-state index contributed by atoms with van der Waals surface area (Å²) >= 11 is 15.4. The molecule has 0 saturated carbocycles. The third-order valence-electron chi connectivity index (χ3n) is 5.83. The number of thioether (sulfide) groups is 1. The molecule has 0 bridgehead atoms. The SMILES string of the molecule is O=C(CSc1nc2sc3c(c2c(=O)n1-c1ccc(Cl)cc1)CCCC3)N/N=C/c1cc(Br)cc(Br)c1O. The number of fused-ring (bicyclic) bond motifs is 3. The van der Waals surface area contributed by atoms with Crippen LogP contribution in [0.1, 0.15) is 28.8 Å². The molecule has 2 aromatic carbocycles. The number of halogens is 3. The van der Waals surface area contributed by atoms with Crippen LogP contribution in [0.5, 0.6) is 5.75 Å². The molecule has 2 N–H and O–H groups in total. The Bertz CT molecular complexity index is 1600. The Morgan fingerprint density at radius 3 is 2.78 bits per heavy atom. The molecule has 0 spiro atoms. The number of rotatable bonds is 6. The van der Waals surface area contributed by atoms with Gasteiger partial charge in [0, 0.05) is 19.9 Å². The zero-order chi connectivity index (χ0) is 26.1. The van der Waals surface area contributed by atoms with Gasteiger partial charge in [-0.15, -0.1) is 11.3 Å². The number of amides is 1. The number of nitrogens with zero attached hydrogens (tertiary/aromatic N) is 3. The van der Waals surface area contributed by atoms with Gasteiger partial charge in [0.1, 0.15) is 10.6 Å². The molecule has 190 valence electrons. The van der Waals surface area contributed by atoms with Crippen LogP contribution < -0.4 is 11.0 Å². The van der Waals surface area contributed by atoms with E-state index >= 15 is 0 Å². The first-order valence-corrected chi connectivity index (χ1v) is 15.0. The second kappa shape index (κ2) is 11.3. The van der Waals surface area contributed by atoms with E-state index in [1.54, 1.807) is 52.3 Å². The number of aromatic nitrogens is 2. The number of nitrogens with one attached hydrogen (secondary N) is 1. The van der Waals surface area contributed by atoms with Crippen molar-refractivity contribution in [2.24, 2.45) is 5.10 Å². The highest BCUT2D eigenvalue weighted by atomic mass is 79.9. The van der Waals surface area contributed by atoms with E-state index in [0.29, 0.717) is 36.1 Å². The Hall–Kier alpha value is -2.18. The second-order valence-electron chi connectivity index (χ2n) is 8.31. The topological polar surface area (TPSA) is 96.6 Å². The van der Waals surface area contributed by atoms with Crippen molar-refractivity contribution in [1.82, 2.24) is 15.0 Å². The average Bonchev–Trinajstić information content (AvgIpc) is 3.25. The summed E-state index contributed by atoms with van der Waals surface area (Å²) in [5.74, 6) is -0.377. The number of hydrogen-bond acceptors (Lipinski definition) is 7. The van der Waals surface area contributed by atoms with E-state index in [-0.39, 0.29) is 23.0 Å². The zero-order valence-corrected chi connectivity index (χ0v) is 24.7. The molecule has 0 aliphatic heterocycles. The van der Waals surface area contributed by atoms with Crippen molar-refractivity contribution in [3.8, 4) is 11.4 Å². The van der Waals surface area contributed by atoms with Gasteiger partial charge in [-0.1, -0.05) is 39.3 Å². The van der Waals surface area contributed by atoms with Crippen molar-refractivity contribution in [3.05, 3.63) is 76.7 Å². The average molecular weight is 683 g/mol. The molecule has 0 saturated heterocycles. The van der Waals surface area contributed by atoms with Crippen LogP contribution >= 0.6 is 66.6 Å². The number of thiophene rings is 1. The Morgan fingerprint density at radius 2 is 2.00 bits per heavy atom. The summed E-state index contributed by atoms with van der Waals surface area (Å²) in [6, 6.07) is 10.4. The lowest BCUT2D eigenvalue weighted by molar-refractivity contribution is -0.118. The Morgan fingerprint density at radius 1 is 1.24 bits per heavy atom.